The third-order valence-corrected chi connectivity index (χ3v) is 3.40. The summed E-state index contributed by atoms with van der Waals surface area (Å²) in [6, 6.07) is 21.2. The van der Waals surface area contributed by atoms with Crippen molar-refractivity contribution < 1.29 is 0 Å². The van der Waals surface area contributed by atoms with Crippen molar-refractivity contribution in [3.63, 3.8) is 0 Å². The van der Waals surface area contributed by atoms with Crippen molar-refractivity contribution in [3.8, 4) is 0 Å². The van der Waals surface area contributed by atoms with Gasteiger partial charge in [-0.25, -0.2) is 0 Å². The van der Waals surface area contributed by atoms with Gasteiger partial charge >= 0.3 is 0 Å². The molecule has 0 saturated heterocycles. The lowest BCUT2D eigenvalue weighted by molar-refractivity contribution is 0.376. The summed E-state index contributed by atoms with van der Waals surface area (Å²) < 4.78 is 0. The van der Waals surface area contributed by atoms with Crippen LogP contribution in [0.5, 0.6) is 0 Å². The Labute approximate surface area is 122 Å². The van der Waals surface area contributed by atoms with Crippen LogP contribution in [0.4, 0.5) is 0 Å². The molecule has 0 unspecified atom stereocenters. The third kappa shape index (κ3) is 4.07. The molecule has 0 amide bonds. The van der Waals surface area contributed by atoms with E-state index in [1.807, 2.05) is 0 Å². The summed E-state index contributed by atoms with van der Waals surface area (Å²) in [5, 5.41) is 0. The van der Waals surface area contributed by atoms with Gasteiger partial charge in [-0.3, -0.25) is 0 Å². The number of hydrogen-bond donors (Lipinski definition) is 0. The normalized spacial score (nSPS) is 13.5. The predicted molar refractivity (Wildman–Crippen MR) is 88.5 cm³/mol. The molecule has 0 aliphatic rings. The maximum Gasteiger partial charge on any atom is 0.00417 e. The van der Waals surface area contributed by atoms with E-state index in [2.05, 4.69) is 92.7 Å². The Balaban J connectivity index is 2.37. The molecule has 2 aromatic carbocycles. The fourth-order valence-electron chi connectivity index (χ4n) is 2.52. The minimum Gasteiger partial charge on any atom is -0.309 e. The number of nitrogens with zero attached hydrogens (tertiary/aromatic N) is 1. The molecule has 0 saturated carbocycles. The second kappa shape index (κ2) is 7.06. The molecule has 1 nitrogen and oxygen atoms in total. The molecular formula is C19H23N. The highest BCUT2D eigenvalue weighted by molar-refractivity contribution is 5.82. The minimum atomic E-state index is 0.493. The smallest absolute Gasteiger partial charge is 0.00417 e. The molecule has 104 valence electrons. The zero-order chi connectivity index (χ0) is 14.4. The van der Waals surface area contributed by atoms with Crippen molar-refractivity contribution in [3.05, 3.63) is 71.8 Å². The summed E-state index contributed by atoms with van der Waals surface area (Å²) in [7, 11) is 4.25. The quantitative estimate of drug-likeness (QED) is 0.723. The lowest BCUT2D eigenvalue weighted by atomic mass is 9.91. The van der Waals surface area contributed by atoms with E-state index in [0.29, 0.717) is 5.92 Å². The molecule has 0 heterocycles. The van der Waals surface area contributed by atoms with Crippen LogP contribution < -0.4 is 0 Å². The standard InChI is InChI=1S/C19H23N/c1-16(15-20(2)3)19(18-12-8-5-9-13-18)14-17-10-6-4-7-11-17/h4-14,16H,15H2,1-3H3/b19-14-/t16-/m1/s1. The maximum atomic E-state index is 2.31. The Morgan fingerprint density at radius 1 is 0.950 bits per heavy atom. The zero-order valence-corrected chi connectivity index (χ0v) is 12.6. The second-order valence-electron chi connectivity index (χ2n) is 5.54. The van der Waals surface area contributed by atoms with E-state index in [9.17, 15) is 0 Å². The molecule has 20 heavy (non-hydrogen) atoms. The largest absolute Gasteiger partial charge is 0.309 e. The van der Waals surface area contributed by atoms with Crippen molar-refractivity contribution in [1.82, 2.24) is 4.90 Å². The van der Waals surface area contributed by atoms with Crippen LogP contribution >= 0.6 is 0 Å². The van der Waals surface area contributed by atoms with Gasteiger partial charge in [0.25, 0.3) is 0 Å². The monoisotopic (exact) mass is 265 g/mol. The highest BCUT2D eigenvalue weighted by atomic mass is 15.1. The molecule has 2 rings (SSSR count). The maximum absolute atomic E-state index is 2.31. The molecular weight excluding hydrogens is 242 g/mol. The molecule has 0 aliphatic heterocycles. The van der Waals surface area contributed by atoms with Crippen LogP contribution in [0, 0.1) is 5.92 Å². The van der Waals surface area contributed by atoms with E-state index in [1.165, 1.54) is 16.7 Å². The average Bonchev–Trinajstić information content (AvgIpc) is 2.46. The van der Waals surface area contributed by atoms with Crippen molar-refractivity contribution in [2.45, 2.75) is 6.92 Å². The van der Waals surface area contributed by atoms with Gasteiger partial charge in [0.2, 0.25) is 0 Å². The van der Waals surface area contributed by atoms with Crippen LogP contribution in [0.3, 0.4) is 0 Å². The van der Waals surface area contributed by atoms with Gasteiger partial charge < -0.3 is 4.90 Å². The van der Waals surface area contributed by atoms with Gasteiger partial charge in [-0.1, -0.05) is 73.7 Å². The van der Waals surface area contributed by atoms with Crippen LogP contribution in [0.15, 0.2) is 60.7 Å². The molecule has 0 spiro atoms. The SMILES string of the molecule is C[C@H](CN(C)C)/C(=C/c1ccccc1)c1ccccc1. The molecule has 0 bridgehead atoms. The van der Waals surface area contributed by atoms with Gasteiger partial charge in [0.1, 0.15) is 0 Å². The van der Waals surface area contributed by atoms with E-state index in [-0.39, 0.29) is 0 Å². The Morgan fingerprint density at radius 2 is 1.50 bits per heavy atom. The summed E-state index contributed by atoms with van der Waals surface area (Å²) in [6.07, 6.45) is 2.31. The first-order chi connectivity index (χ1) is 9.66. The molecule has 0 aromatic heterocycles. The van der Waals surface area contributed by atoms with Gasteiger partial charge in [0.15, 0.2) is 0 Å². The molecule has 0 fully saturated rings. The molecule has 0 N–H and O–H groups in total. The first-order valence-corrected chi connectivity index (χ1v) is 7.13. The fraction of sp³-hybridized carbons (Fsp3) is 0.263. The highest BCUT2D eigenvalue weighted by Crippen LogP contribution is 2.26. The first kappa shape index (κ1) is 14.5. The fourth-order valence-corrected chi connectivity index (χ4v) is 2.52. The van der Waals surface area contributed by atoms with E-state index in [4.69, 9.17) is 0 Å². The Hall–Kier alpha value is -1.86. The van der Waals surface area contributed by atoms with Gasteiger partial charge in [-0.15, -0.1) is 0 Å². The lowest BCUT2D eigenvalue weighted by Crippen LogP contribution is -2.20. The summed E-state index contributed by atoms with van der Waals surface area (Å²) >= 11 is 0. The highest BCUT2D eigenvalue weighted by Gasteiger charge is 2.12. The van der Waals surface area contributed by atoms with Crippen molar-refractivity contribution in [2.24, 2.45) is 5.92 Å². The summed E-state index contributed by atoms with van der Waals surface area (Å²) in [4.78, 5) is 2.24. The van der Waals surface area contributed by atoms with Gasteiger partial charge in [0, 0.05) is 6.54 Å². The summed E-state index contributed by atoms with van der Waals surface area (Å²) in [5.74, 6) is 0.493. The summed E-state index contributed by atoms with van der Waals surface area (Å²) in [5.41, 5.74) is 3.97. The average molecular weight is 265 g/mol. The van der Waals surface area contributed by atoms with Gasteiger partial charge in [0.05, 0.1) is 0 Å². The van der Waals surface area contributed by atoms with Gasteiger partial charge in [-0.2, -0.15) is 0 Å². The Kier molecular flexibility index (Phi) is 5.14. The second-order valence-corrected chi connectivity index (χ2v) is 5.54. The van der Waals surface area contributed by atoms with E-state index in [0.717, 1.165) is 6.54 Å². The van der Waals surface area contributed by atoms with Crippen LogP contribution in [-0.2, 0) is 0 Å². The van der Waals surface area contributed by atoms with Crippen LogP contribution in [-0.4, -0.2) is 25.5 Å². The summed E-state index contributed by atoms with van der Waals surface area (Å²) in [6.45, 7) is 3.34. The van der Waals surface area contributed by atoms with Gasteiger partial charge in [-0.05, 0) is 36.7 Å². The van der Waals surface area contributed by atoms with E-state index in [1.54, 1.807) is 0 Å². The van der Waals surface area contributed by atoms with Crippen molar-refractivity contribution in [1.29, 1.82) is 0 Å². The van der Waals surface area contributed by atoms with Crippen molar-refractivity contribution >= 4 is 11.6 Å². The molecule has 1 atom stereocenters. The van der Waals surface area contributed by atoms with Crippen LogP contribution in [0.25, 0.3) is 11.6 Å². The molecule has 0 aliphatic carbocycles. The number of benzene rings is 2. The molecule has 2 aromatic rings. The molecule has 1 heteroatoms. The number of hydrogen-bond acceptors (Lipinski definition) is 1. The Morgan fingerprint density at radius 3 is 2.05 bits per heavy atom. The van der Waals surface area contributed by atoms with Crippen LogP contribution in [0.2, 0.25) is 0 Å². The first-order valence-electron chi connectivity index (χ1n) is 7.13. The van der Waals surface area contributed by atoms with E-state index < -0.39 is 0 Å². The lowest BCUT2D eigenvalue weighted by Gasteiger charge is -2.20. The minimum absolute atomic E-state index is 0.493. The van der Waals surface area contributed by atoms with Crippen molar-refractivity contribution in [2.75, 3.05) is 20.6 Å². The van der Waals surface area contributed by atoms with E-state index >= 15 is 0 Å². The topological polar surface area (TPSA) is 3.24 Å². The van der Waals surface area contributed by atoms with Crippen LogP contribution in [0.1, 0.15) is 18.1 Å². The predicted octanol–water partition coefficient (Wildman–Crippen LogP) is 4.42. The third-order valence-electron chi connectivity index (χ3n) is 3.40. The zero-order valence-electron chi connectivity index (χ0n) is 12.6. The Bertz CT molecular complexity index is 540. The number of rotatable bonds is 5. The molecule has 0 radical (unpaired) electrons.